The Morgan fingerprint density at radius 1 is 0.721 bits per heavy atom. The van der Waals surface area contributed by atoms with Crippen LogP contribution in [-0.4, -0.2) is 66.2 Å². The summed E-state index contributed by atoms with van der Waals surface area (Å²) in [4.78, 5) is 17.2. The fraction of sp³-hybridized carbons (Fsp3) is 0.486. The van der Waals surface area contributed by atoms with Crippen molar-refractivity contribution in [2.24, 2.45) is 11.8 Å². The Morgan fingerprint density at radius 3 is 1.67 bits per heavy atom. The normalized spacial score (nSPS) is 23.5. The molecular weight excluding hydrogens is 536 g/mol. The minimum atomic E-state index is -0.218. The van der Waals surface area contributed by atoms with E-state index in [4.69, 9.17) is 14.2 Å². The van der Waals surface area contributed by atoms with E-state index in [1.807, 2.05) is 36.9 Å². The van der Waals surface area contributed by atoms with Gasteiger partial charge in [0.1, 0.15) is 12.2 Å². The Labute approximate surface area is 257 Å². The summed E-state index contributed by atoms with van der Waals surface area (Å²) in [6.45, 7) is 11.3. The number of ether oxygens (including phenoxy) is 3. The molecule has 2 saturated heterocycles. The second kappa shape index (κ2) is 15.6. The monoisotopic (exact) mass is 584 g/mol. The van der Waals surface area contributed by atoms with Crippen LogP contribution < -0.4 is 0 Å². The Bertz CT molecular complexity index is 1230. The van der Waals surface area contributed by atoms with Gasteiger partial charge in [-0.25, -0.2) is 0 Å². The van der Waals surface area contributed by atoms with Crippen molar-refractivity contribution in [3.63, 3.8) is 0 Å². The van der Waals surface area contributed by atoms with Gasteiger partial charge < -0.3 is 19.1 Å². The van der Waals surface area contributed by atoms with Crippen molar-refractivity contribution < 1.29 is 19.0 Å². The van der Waals surface area contributed by atoms with E-state index in [0.29, 0.717) is 25.7 Å². The van der Waals surface area contributed by atoms with E-state index in [9.17, 15) is 4.79 Å². The fourth-order valence-electron chi connectivity index (χ4n) is 6.36. The minimum Gasteiger partial charge on any atom is -0.369 e. The van der Waals surface area contributed by atoms with Crippen LogP contribution in [-0.2, 0) is 38.8 Å². The first-order valence-electron chi connectivity index (χ1n) is 16.0. The molecule has 3 aromatic carbocycles. The highest BCUT2D eigenvalue weighted by Crippen LogP contribution is 2.31. The molecule has 6 heteroatoms. The van der Waals surface area contributed by atoms with Gasteiger partial charge in [-0.05, 0) is 42.4 Å². The molecule has 6 nitrogen and oxygen atoms in total. The van der Waals surface area contributed by atoms with Crippen LogP contribution in [0.1, 0.15) is 50.3 Å². The molecule has 0 saturated carbocycles. The van der Waals surface area contributed by atoms with E-state index < -0.39 is 0 Å². The maximum absolute atomic E-state index is 12.6. The molecule has 0 spiro atoms. The van der Waals surface area contributed by atoms with E-state index in [0.717, 1.165) is 55.7 Å². The molecular formula is C37H48N2O4. The summed E-state index contributed by atoms with van der Waals surface area (Å²) in [5.41, 5.74) is 3.44. The van der Waals surface area contributed by atoms with Crippen molar-refractivity contribution in [3.8, 4) is 0 Å². The topological polar surface area (TPSA) is 51.2 Å². The summed E-state index contributed by atoms with van der Waals surface area (Å²) in [5, 5.41) is 0. The maximum atomic E-state index is 12.6. The molecule has 4 atom stereocenters. The lowest BCUT2D eigenvalue weighted by Gasteiger charge is -2.48. The molecule has 230 valence electrons. The second-order valence-electron chi connectivity index (χ2n) is 12.5. The van der Waals surface area contributed by atoms with E-state index >= 15 is 0 Å². The van der Waals surface area contributed by atoms with Gasteiger partial charge in [0.05, 0.1) is 25.9 Å². The molecule has 2 fully saturated rings. The van der Waals surface area contributed by atoms with Gasteiger partial charge in [-0.3, -0.25) is 9.69 Å². The average molecular weight is 585 g/mol. The zero-order valence-corrected chi connectivity index (χ0v) is 26.0. The first kappa shape index (κ1) is 31.4. The molecule has 5 rings (SSSR count). The Kier molecular flexibility index (Phi) is 11.4. The minimum absolute atomic E-state index is 0.0523. The first-order chi connectivity index (χ1) is 21.0. The van der Waals surface area contributed by atoms with Gasteiger partial charge in [0.15, 0.2) is 0 Å². The molecule has 0 aromatic heterocycles. The number of piperidine rings is 2. The first-order valence-corrected chi connectivity index (χ1v) is 16.0. The molecule has 0 radical (unpaired) electrons. The van der Waals surface area contributed by atoms with E-state index in [1.54, 1.807) is 0 Å². The van der Waals surface area contributed by atoms with Gasteiger partial charge in [0.2, 0.25) is 5.91 Å². The zero-order chi connectivity index (χ0) is 30.0. The van der Waals surface area contributed by atoms with E-state index in [2.05, 4.69) is 84.6 Å². The van der Waals surface area contributed by atoms with Crippen molar-refractivity contribution >= 4 is 5.91 Å². The predicted octanol–water partition coefficient (Wildman–Crippen LogP) is 6.34. The summed E-state index contributed by atoms with van der Waals surface area (Å²) >= 11 is 0. The molecule has 2 aliphatic heterocycles. The Balaban J connectivity index is 1.33. The third kappa shape index (κ3) is 8.76. The van der Waals surface area contributed by atoms with Crippen LogP contribution >= 0.6 is 0 Å². The molecule has 0 unspecified atom stereocenters. The SMILES string of the molecule is CC(C)C(=O)N1CCC(CN2C[C@H](OCc3ccccc3)[C@@H](OCc3ccccc3)[C@H](OCc3ccccc3)[C@H]2C)CC1. The Hall–Kier alpha value is -3.03. The summed E-state index contributed by atoms with van der Waals surface area (Å²) in [6.07, 6.45) is 1.52. The smallest absolute Gasteiger partial charge is 0.225 e. The van der Waals surface area contributed by atoms with Crippen molar-refractivity contribution in [1.29, 1.82) is 0 Å². The third-order valence-corrected chi connectivity index (χ3v) is 8.95. The van der Waals surface area contributed by atoms with Crippen molar-refractivity contribution in [2.75, 3.05) is 26.2 Å². The highest BCUT2D eigenvalue weighted by atomic mass is 16.6. The van der Waals surface area contributed by atoms with Gasteiger partial charge in [-0.2, -0.15) is 0 Å². The van der Waals surface area contributed by atoms with Crippen molar-refractivity contribution in [3.05, 3.63) is 108 Å². The lowest BCUT2D eigenvalue weighted by Crippen LogP contribution is -2.63. The molecule has 1 amide bonds. The number of hydrogen-bond acceptors (Lipinski definition) is 5. The highest BCUT2D eigenvalue weighted by molar-refractivity contribution is 5.78. The molecule has 0 aliphatic carbocycles. The number of nitrogens with zero attached hydrogens (tertiary/aromatic N) is 2. The summed E-state index contributed by atoms with van der Waals surface area (Å²) in [6, 6.07) is 31.2. The van der Waals surface area contributed by atoms with Crippen LogP contribution in [0.3, 0.4) is 0 Å². The predicted molar refractivity (Wildman–Crippen MR) is 170 cm³/mol. The fourth-order valence-corrected chi connectivity index (χ4v) is 6.36. The van der Waals surface area contributed by atoms with E-state index in [-0.39, 0.29) is 36.2 Å². The lowest BCUT2D eigenvalue weighted by molar-refractivity contribution is -0.202. The van der Waals surface area contributed by atoms with Gasteiger partial charge in [-0.15, -0.1) is 0 Å². The Morgan fingerprint density at radius 2 is 1.19 bits per heavy atom. The average Bonchev–Trinajstić information content (AvgIpc) is 3.05. The lowest BCUT2D eigenvalue weighted by atomic mass is 9.90. The number of hydrogen-bond donors (Lipinski definition) is 0. The summed E-state index contributed by atoms with van der Waals surface area (Å²) in [7, 11) is 0. The third-order valence-electron chi connectivity index (χ3n) is 8.95. The van der Waals surface area contributed by atoms with Crippen LogP contribution in [0, 0.1) is 11.8 Å². The molecule has 3 aromatic rings. The quantitative estimate of drug-likeness (QED) is 0.249. The largest absolute Gasteiger partial charge is 0.369 e. The van der Waals surface area contributed by atoms with Crippen molar-refractivity contribution in [2.45, 2.75) is 77.8 Å². The molecule has 2 aliphatic rings. The number of likely N-dealkylation sites (tertiary alicyclic amines) is 2. The van der Waals surface area contributed by atoms with Gasteiger partial charge in [0.25, 0.3) is 0 Å². The van der Waals surface area contributed by atoms with Gasteiger partial charge in [0, 0.05) is 38.1 Å². The number of rotatable bonds is 12. The summed E-state index contributed by atoms with van der Waals surface area (Å²) in [5.74, 6) is 0.855. The van der Waals surface area contributed by atoms with Gasteiger partial charge >= 0.3 is 0 Å². The van der Waals surface area contributed by atoms with Crippen LogP contribution in [0.25, 0.3) is 0 Å². The number of benzene rings is 3. The molecule has 43 heavy (non-hydrogen) atoms. The highest BCUT2D eigenvalue weighted by Gasteiger charge is 2.44. The summed E-state index contributed by atoms with van der Waals surface area (Å²) < 4.78 is 20.2. The van der Waals surface area contributed by atoms with Crippen LogP contribution in [0.15, 0.2) is 91.0 Å². The van der Waals surface area contributed by atoms with Crippen LogP contribution in [0.2, 0.25) is 0 Å². The van der Waals surface area contributed by atoms with Gasteiger partial charge in [-0.1, -0.05) is 105 Å². The molecule has 2 heterocycles. The van der Waals surface area contributed by atoms with Crippen molar-refractivity contribution in [1.82, 2.24) is 9.80 Å². The molecule has 0 bridgehead atoms. The van der Waals surface area contributed by atoms with E-state index in [1.165, 1.54) is 0 Å². The standard InChI is InChI=1S/C37H48N2O4/c1-28(2)37(40)38-21-19-30(20-22-38)23-39-24-34(41-25-31-13-7-4-8-14-31)36(43-27-33-17-11-6-12-18-33)35(29(39)3)42-26-32-15-9-5-10-16-32/h4-18,28-30,34-36H,19-27H2,1-3H3/t29-,34+,35-,36-/m1/s1. The number of amides is 1. The number of carbonyl (C=O) groups is 1. The maximum Gasteiger partial charge on any atom is 0.225 e. The second-order valence-corrected chi connectivity index (χ2v) is 12.5. The zero-order valence-electron chi connectivity index (χ0n) is 26.0. The van der Waals surface area contributed by atoms with Crippen LogP contribution in [0.5, 0.6) is 0 Å². The molecule has 0 N–H and O–H groups in total. The van der Waals surface area contributed by atoms with Crippen LogP contribution in [0.4, 0.5) is 0 Å². The number of carbonyl (C=O) groups excluding carboxylic acids is 1.